The molecule has 2 rings (SSSR count). The molecule has 0 spiro atoms. The van der Waals surface area contributed by atoms with Crippen molar-refractivity contribution in [2.45, 2.75) is 13.3 Å². The number of ether oxygens (including phenoxy) is 1. The maximum atomic E-state index is 11.2. The average Bonchev–Trinajstić information content (AvgIpc) is 2.95. The number of benzene rings is 1. The number of hydrogen-bond acceptors (Lipinski definition) is 6. The Morgan fingerprint density at radius 1 is 1.26 bits per heavy atom. The summed E-state index contributed by atoms with van der Waals surface area (Å²) in [4.78, 5) is 4.53. The number of sulfonamides is 1. The Kier molecular flexibility index (Phi) is 6.37. The van der Waals surface area contributed by atoms with E-state index in [-0.39, 0.29) is 0 Å². The Labute approximate surface area is 141 Å². The first kappa shape index (κ1) is 17.7. The first-order valence-electron chi connectivity index (χ1n) is 7.33. The third kappa shape index (κ3) is 6.17. The highest BCUT2D eigenvalue weighted by Gasteiger charge is 2.06. The van der Waals surface area contributed by atoms with Gasteiger partial charge in [0.2, 0.25) is 10.0 Å². The molecule has 0 aliphatic rings. The van der Waals surface area contributed by atoms with E-state index in [9.17, 15) is 8.42 Å². The van der Waals surface area contributed by atoms with Gasteiger partial charge in [0.15, 0.2) is 5.13 Å². The summed E-state index contributed by atoms with van der Waals surface area (Å²) in [6.45, 7) is 4.30. The van der Waals surface area contributed by atoms with Gasteiger partial charge in [-0.3, -0.25) is 4.72 Å². The molecule has 8 heteroatoms. The molecule has 0 aliphatic heterocycles. The zero-order valence-corrected chi connectivity index (χ0v) is 14.8. The van der Waals surface area contributed by atoms with Crippen molar-refractivity contribution >= 4 is 32.2 Å². The second kappa shape index (κ2) is 8.28. The second-order valence-electron chi connectivity index (χ2n) is 4.97. The van der Waals surface area contributed by atoms with Gasteiger partial charge in [-0.2, -0.15) is 0 Å². The van der Waals surface area contributed by atoms with Crippen molar-refractivity contribution < 1.29 is 13.2 Å². The average molecular weight is 355 g/mol. The molecule has 1 aromatic carbocycles. The molecule has 0 saturated heterocycles. The van der Waals surface area contributed by atoms with Crippen molar-refractivity contribution in [1.82, 2.24) is 4.98 Å². The lowest BCUT2D eigenvalue weighted by Crippen LogP contribution is -2.09. The molecule has 0 amide bonds. The summed E-state index contributed by atoms with van der Waals surface area (Å²) >= 11 is 1.55. The number of nitrogens with one attached hydrogen (secondary N) is 2. The SMILES string of the molecule is CCOCCCNc1nc(-c2ccc(NS(C)(=O)=O)cc2)cs1. The number of nitrogens with zero attached hydrogens (tertiary/aromatic N) is 1. The van der Waals surface area contributed by atoms with Gasteiger partial charge in [0.05, 0.1) is 11.9 Å². The van der Waals surface area contributed by atoms with Crippen molar-refractivity contribution in [2.75, 3.05) is 36.1 Å². The third-order valence-electron chi connectivity index (χ3n) is 2.93. The van der Waals surface area contributed by atoms with E-state index in [1.807, 2.05) is 24.4 Å². The van der Waals surface area contributed by atoms with Gasteiger partial charge in [0.25, 0.3) is 0 Å². The van der Waals surface area contributed by atoms with Crippen molar-refractivity contribution in [3.05, 3.63) is 29.6 Å². The zero-order valence-electron chi connectivity index (χ0n) is 13.2. The summed E-state index contributed by atoms with van der Waals surface area (Å²) in [5.41, 5.74) is 2.36. The van der Waals surface area contributed by atoms with Crippen LogP contribution in [0.25, 0.3) is 11.3 Å². The highest BCUT2D eigenvalue weighted by Crippen LogP contribution is 2.26. The van der Waals surface area contributed by atoms with E-state index >= 15 is 0 Å². The summed E-state index contributed by atoms with van der Waals surface area (Å²) in [7, 11) is -3.25. The standard InChI is InChI=1S/C15H21N3O3S2/c1-3-21-10-4-9-16-15-17-14(11-22-15)12-5-7-13(8-6-12)18-23(2,19)20/h5-8,11,18H,3-4,9-10H2,1-2H3,(H,16,17). The van der Waals surface area contributed by atoms with Crippen LogP contribution in [-0.2, 0) is 14.8 Å². The monoisotopic (exact) mass is 355 g/mol. The van der Waals surface area contributed by atoms with Crippen LogP contribution >= 0.6 is 11.3 Å². The molecule has 0 fully saturated rings. The first-order valence-corrected chi connectivity index (χ1v) is 10.1. The maximum absolute atomic E-state index is 11.2. The summed E-state index contributed by atoms with van der Waals surface area (Å²) in [6.07, 6.45) is 2.07. The Morgan fingerprint density at radius 2 is 2.00 bits per heavy atom. The molecular weight excluding hydrogens is 334 g/mol. The second-order valence-corrected chi connectivity index (χ2v) is 7.57. The minimum absolute atomic E-state index is 0.542. The van der Waals surface area contributed by atoms with E-state index in [4.69, 9.17) is 4.74 Å². The van der Waals surface area contributed by atoms with E-state index in [1.165, 1.54) is 0 Å². The third-order valence-corrected chi connectivity index (χ3v) is 4.34. The predicted octanol–water partition coefficient (Wildman–Crippen LogP) is 3.02. The Morgan fingerprint density at radius 3 is 2.65 bits per heavy atom. The Hall–Kier alpha value is -1.64. The topological polar surface area (TPSA) is 80.3 Å². The molecule has 2 aromatic rings. The first-order chi connectivity index (χ1) is 11.0. The van der Waals surface area contributed by atoms with Crippen LogP contribution in [0.15, 0.2) is 29.6 Å². The van der Waals surface area contributed by atoms with Gasteiger partial charge in [-0.15, -0.1) is 11.3 Å². The van der Waals surface area contributed by atoms with Gasteiger partial charge in [-0.1, -0.05) is 12.1 Å². The van der Waals surface area contributed by atoms with Crippen LogP contribution in [0.2, 0.25) is 0 Å². The molecule has 0 unspecified atom stereocenters. The molecule has 6 nitrogen and oxygen atoms in total. The smallest absolute Gasteiger partial charge is 0.229 e. The molecular formula is C15H21N3O3S2. The molecule has 1 aromatic heterocycles. The summed E-state index contributed by atoms with van der Waals surface area (Å²) < 4.78 is 30.1. The van der Waals surface area contributed by atoms with E-state index in [0.29, 0.717) is 5.69 Å². The lowest BCUT2D eigenvalue weighted by Gasteiger charge is -2.04. The van der Waals surface area contributed by atoms with Gasteiger partial charge in [-0.25, -0.2) is 13.4 Å². The fourth-order valence-corrected chi connectivity index (χ4v) is 3.24. The maximum Gasteiger partial charge on any atom is 0.229 e. The number of hydrogen-bond donors (Lipinski definition) is 2. The van der Waals surface area contributed by atoms with Crippen molar-refractivity contribution in [3.8, 4) is 11.3 Å². The van der Waals surface area contributed by atoms with E-state index in [2.05, 4.69) is 15.0 Å². The number of anilines is 2. The fourth-order valence-electron chi connectivity index (χ4n) is 1.92. The van der Waals surface area contributed by atoms with Crippen LogP contribution in [0.1, 0.15) is 13.3 Å². The van der Waals surface area contributed by atoms with Gasteiger partial charge in [-0.05, 0) is 25.5 Å². The van der Waals surface area contributed by atoms with Crippen LogP contribution in [0.5, 0.6) is 0 Å². The largest absolute Gasteiger partial charge is 0.382 e. The Balaban J connectivity index is 1.92. The summed E-state index contributed by atoms with van der Waals surface area (Å²) in [5.74, 6) is 0. The quantitative estimate of drug-likeness (QED) is 0.676. The number of thiazole rings is 1. The molecule has 0 atom stereocenters. The molecule has 1 heterocycles. The van der Waals surface area contributed by atoms with Crippen molar-refractivity contribution in [2.24, 2.45) is 0 Å². The Bertz CT molecular complexity index is 712. The number of aromatic nitrogens is 1. The van der Waals surface area contributed by atoms with E-state index in [0.717, 1.165) is 48.8 Å². The van der Waals surface area contributed by atoms with Crippen LogP contribution in [0, 0.1) is 0 Å². The minimum atomic E-state index is -3.25. The fraction of sp³-hybridized carbons (Fsp3) is 0.400. The normalized spacial score (nSPS) is 11.4. The number of rotatable bonds is 9. The molecule has 126 valence electrons. The van der Waals surface area contributed by atoms with Gasteiger partial charge in [0.1, 0.15) is 0 Å². The van der Waals surface area contributed by atoms with Gasteiger partial charge < -0.3 is 10.1 Å². The van der Waals surface area contributed by atoms with Gasteiger partial charge >= 0.3 is 0 Å². The highest BCUT2D eigenvalue weighted by molar-refractivity contribution is 7.92. The molecule has 0 bridgehead atoms. The van der Waals surface area contributed by atoms with Crippen LogP contribution in [-0.4, -0.2) is 39.4 Å². The zero-order chi connectivity index (χ0) is 16.7. The molecule has 0 aliphatic carbocycles. The predicted molar refractivity (Wildman–Crippen MR) is 95.6 cm³/mol. The van der Waals surface area contributed by atoms with Crippen molar-refractivity contribution in [1.29, 1.82) is 0 Å². The van der Waals surface area contributed by atoms with Crippen LogP contribution in [0.4, 0.5) is 10.8 Å². The van der Waals surface area contributed by atoms with Gasteiger partial charge in [0, 0.05) is 36.4 Å². The van der Waals surface area contributed by atoms with Crippen LogP contribution in [0.3, 0.4) is 0 Å². The summed E-state index contributed by atoms with van der Waals surface area (Å²) in [6, 6.07) is 7.15. The van der Waals surface area contributed by atoms with E-state index < -0.39 is 10.0 Å². The minimum Gasteiger partial charge on any atom is -0.382 e. The highest BCUT2D eigenvalue weighted by atomic mass is 32.2. The summed E-state index contributed by atoms with van der Waals surface area (Å²) in [5, 5.41) is 6.12. The molecule has 2 N–H and O–H groups in total. The lowest BCUT2D eigenvalue weighted by molar-refractivity contribution is 0.147. The van der Waals surface area contributed by atoms with Crippen LogP contribution < -0.4 is 10.0 Å². The van der Waals surface area contributed by atoms with Crippen molar-refractivity contribution in [3.63, 3.8) is 0 Å². The lowest BCUT2D eigenvalue weighted by atomic mass is 10.1. The molecule has 0 radical (unpaired) electrons. The molecule has 23 heavy (non-hydrogen) atoms. The molecule has 0 saturated carbocycles. The van der Waals surface area contributed by atoms with E-state index in [1.54, 1.807) is 23.5 Å².